The normalized spacial score (nSPS) is 11.5. The maximum atomic E-state index is 13.9. The van der Waals surface area contributed by atoms with Crippen LogP contribution in [0.5, 0.6) is 5.75 Å². The van der Waals surface area contributed by atoms with Gasteiger partial charge in [0.05, 0.1) is 18.6 Å². The number of nitrogens with zero attached hydrogens (tertiary/aromatic N) is 1. The number of rotatable bonds is 8. The van der Waals surface area contributed by atoms with E-state index in [0.29, 0.717) is 21.5 Å². The zero-order chi connectivity index (χ0) is 21.9. The molecule has 3 rings (SSSR count). The number of ketones is 1. The molecule has 6 nitrogen and oxygen atoms in total. The summed E-state index contributed by atoms with van der Waals surface area (Å²) in [5.41, 5.74) is 1.02. The zero-order valence-electron chi connectivity index (χ0n) is 16.3. The Labute approximate surface area is 182 Å². The van der Waals surface area contributed by atoms with Crippen LogP contribution in [0.4, 0.5) is 4.39 Å². The molecule has 0 aliphatic rings. The number of sulfone groups is 1. The highest BCUT2D eigenvalue weighted by Gasteiger charge is 2.23. The molecular formula is C21H19BrFNO5S. The number of carbonyl (C=O) groups excluding carboxylic acids is 1. The predicted molar refractivity (Wildman–Crippen MR) is 114 cm³/mol. The van der Waals surface area contributed by atoms with Crippen molar-refractivity contribution in [2.24, 2.45) is 0 Å². The maximum Gasteiger partial charge on any atom is 0.226 e. The first-order valence-electron chi connectivity index (χ1n) is 8.93. The molecule has 0 aliphatic carbocycles. The Balaban J connectivity index is 1.72. The van der Waals surface area contributed by atoms with Crippen molar-refractivity contribution in [2.75, 3.05) is 12.9 Å². The number of aryl methyl sites for hydroxylation is 1. The van der Waals surface area contributed by atoms with Gasteiger partial charge >= 0.3 is 0 Å². The Kier molecular flexibility index (Phi) is 6.72. The highest BCUT2D eigenvalue weighted by atomic mass is 79.9. The van der Waals surface area contributed by atoms with Crippen LogP contribution in [-0.2, 0) is 26.8 Å². The first-order valence-corrected chi connectivity index (χ1v) is 11.5. The van der Waals surface area contributed by atoms with Gasteiger partial charge in [0.15, 0.2) is 15.6 Å². The summed E-state index contributed by atoms with van der Waals surface area (Å²) in [6.45, 7) is 1.61. The standard InChI is InChI=1S/C21H19BrFNO5S/c1-13-20(24-21(29-13)15-4-3-5-18(9-15)28-2)12-30(26,27)11-17(25)8-14-6-7-16(22)10-19(14)23/h3-7,9-10H,8,11-12H2,1-2H3. The smallest absolute Gasteiger partial charge is 0.226 e. The van der Waals surface area contributed by atoms with E-state index in [9.17, 15) is 17.6 Å². The lowest BCUT2D eigenvalue weighted by Gasteiger charge is -2.05. The van der Waals surface area contributed by atoms with Crippen molar-refractivity contribution in [1.29, 1.82) is 0 Å². The van der Waals surface area contributed by atoms with Crippen LogP contribution in [-0.4, -0.2) is 32.0 Å². The number of halogens is 2. The molecule has 0 unspecified atom stereocenters. The van der Waals surface area contributed by atoms with Crippen molar-refractivity contribution >= 4 is 31.6 Å². The van der Waals surface area contributed by atoms with Gasteiger partial charge in [-0.15, -0.1) is 0 Å². The van der Waals surface area contributed by atoms with Gasteiger partial charge in [-0.2, -0.15) is 0 Å². The van der Waals surface area contributed by atoms with E-state index in [4.69, 9.17) is 9.15 Å². The molecule has 0 bridgehead atoms. The quantitative estimate of drug-likeness (QED) is 0.463. The monoisotopic (exact) mass is 495 g/mol. The minimum absolute atomic E-state index is 0.149. The number of oxazole rings is 1. The number of Topliss-reactive ketones (excluding diaryl/α,β-unsaturated/α-hetero) is 1. The Morgan fingerprint density at radius 1 is 1.23 bits per heavy atom. The van der Waals surface area contributed by atoms with E-state index in [0.717, 1.165) is 0 Å². The summed E-state index contributed by atoms with van der Waals surface area (Å²) in [6, 6.07) is 11.3. The summed E-state index contributed by atoms with van der Waals surface area (Å²) in [5.74, 6) is -1.08. The van der Waals surface area contributed by atoms with Crippen LogP contribution in [0.2, 0.25) is 0 Å². The second-order valence-corrected chi connectivity index (χ2v) is 9.72. The molecule has 0 fully saturated rings. The second kappa shape index (κ2) is 9.09. The molecule has 0 atom stereocenters. The minimum atomic E-state index is -3.81. The summed E-state index contributed by atoms with van der Waals surface area (Å²) in [7, 11) is -2.27. The first kappa shape index (κ1) is 22.2. The van der Waals surface area contributed by atoms with E-state index in [2.05, 4.69) is 20.9 Å². The molecule has 0 radical (unpaired) electrons. The van der Waals surface area contributed by atoms with Gasteiger partial charge in [-0.05, 0) is 42.8 Å². The van der Waals surface area contributed by atoms with Crippen molar-refractivity contribution in [3.8, 4) is 17.2 Å². The van der Waals surface area contributed by atoms with Crippen LogP contribution in [0.15, 0.2) is 51.4 Å². The SMILES string of the molecule is COc1cccc(-c2nc(CS(=O)(=O)CC(=O)Cc3ccc(Br)cc3F)c(C)o2)c1. The third-order valence-electron chi connectivity index (χ3n) is 4.35. The van der Waals surface area contributed by atoms with Crippen LogP contribution < -0.4 is 4.74 Å². The van der Waals surface area contributed by atoms with E-state index in [-0.39, 0.29) is 23.6 Å². The van der Waals surface area contributed by atoms with Crippen molar-refractivity contribution in [1.82, 2.24) is 4.98 Å². The van der Waals surface area contributed by atoms with E-state index in [1.165, 1.54) is 19.2 Å². The third kappa shape index (κ3) is 5.54. The molecule has 0 amide bonds. The molecular weight excluding hydrogens is 477 g/mol. The molecule has 0 spiro atoms. The van der Waals surface area contributed by atoms with Crippen LogP contribution >= 0.6 is 15.9 Å². The van der Waals surface area contributed by atoms with E-state index in [1.54, 1.807) is 37.3 Å². The number of hydrogen-bond donors (Lipinski definition) is 0. The molecule has 0 saturated heterocycles. The van der Waals surface area contributed by atoms with Crippen molar-refractivity contribution in [3.63, 3.8) is 0 Å². The van der Waals surface area contributed by atoms with Crippen LogP contribution in [0, 0.1) is 12.7 Å². The highest BCUT2D eigenvalue weighted by molar-refractivity contribution is 9.10. The Hall–Kier alpha value is -2.52. The summed E-state index contributed by atoms with van der Waals surface area (Å²) in [4.78, 5) is 16.5. The fourth-order valence-corrected chi connectivity index (χ4v) is 4.59. The Morgan fingerprint density at radius 3 is 2.70 bits per heavy atom. The van der Waals surface area contributed by atoms with Crippen LogP contribution in [0.1, 0.15) is 17.0 Å². The molecule has 1 aromatic heterocycles. The molecule has 3 aromatic rings. The fraction of sp³-hybridized carbons (Fsp3) is 0.238. The van der Waals surface area contributed by atoms with Gasteiger partial charge < -0.3 is 9.15 Å². The van der Waals surface area contributed by atoms with Gasteiger partial charge in [-0.3, -0.25) is 4.79 Å². The molecule has 2 aromatic carbocycles. The zero-order valence-corrected chi connectivity index (χ0v) is 18.7. The van der Waals surface area contributed by atoms with E-state index in [1.807, 2.05) is 0 Å². The number of aromatic nitrogens is 1. The second-order valence-electron chi connectivity index (χ2n) is 6.74. The molecule has 0 saturated carbocycles. The predicted octanol–water partition coefficient (Wildman–Crippen LogP) is 4.29. The van der Waals surface area contributed by atoms with E-state index >= 15 is 0 Å². The molecule has 30 heavy (non-hydrogen) atoms. The summed E-state index contributed by atoms with van der Waals surface area (Å²) in [5, 5.41) is 0. The number of hydrogen-bond acceptors (Lipinski definition) is 6. The van der Waals surface area contributed by atoms with E-state index < -0.39 is 32.9 Å². The lowest BCUT2D eigenvalue weighted by Crippen LogP contribution is -2.20. The van der Waals surface area contributed by atoms with Crippen LogP contribution in [0.25, 0.3) is 11.5 Å². The summed E-state index contributed by atoms with van der Waals surface area (Å²) in [6.07, 6.45) is -0.300. The highest BCUT2D eigenvalue weighted by Crippen LogP contribution is 2.26. The van der Waals surface area contributed by atoms with Crippen molar-refractivity contribution < 1.29 is 26.8 Å². The number of ether oxygens (including phenoxy) is 1. The molecule has 0 aliphatic heterocycles. The fourth-order valence-electron chi connectivity index (χ4n) is 2.87. The number of benzene rings is 2. The van der Waals surface area contributed by atoms with Gasteiger partial charge in [0, 0.05) is 16.5 Å². The average molecular weight is 496 g/mol. The summed E-state index contributed by atoms with van der Waals surface area (Å²) < 4.78 is 50.2. The molecule has 9 heteroatoms. The van der Waals surface area contributed by atoms with Crippen LogP contribution in [0.3, 0.4) is 0 Å². The average Bonchev–Trinajstić information content (AvgIpc) is 3.03. The third-order valence-corrected chi connectivity index (χ3v) is 6.32. The maximum absolute atomic E-state index is 13.9. The van der Waals surface area contributed by atoms with Gasteiger partial charge in [0.25, 0.3) is 0 Å². The molecule has 1 heterocycles. The van der Waals surface area contributed by atoms with Gasteiger partial charge in [-0.1, -0.05) is 28.1 Å². The number of methoxy groups -OCH3 is 1. The molecule has 0 N–H and O–H groups in total. The largest absolute Gasteiger partial charge is 0.497 e. The topological polar surface area (TPSA) is 86.5 Å². The lowest BCUT2D eigenvalue weighted by atomic mass is 10.1. The Bertz CT molecular complexity index is 1190. The Morgan fingerprint density at radius 2 is 2.00 bits per heavy atom. The minimum Gasteiger partial charge on any atom is -0.497 e. The summed E-state index contributed by atoms with van der Waals surface area (Å²) >= 11 is 3.14. The number of carbonyl (C=O) groups is 1. The van der Waals surface area contributed by atoms with Gasteiger partial charge in [0.2, 0.25) is 5.89 Å². The van der Waals surface area contributed by atoms with Gasteiger partial charge in [-0.25, -0.2) is 17.8 Å². The molecule has 158 valence electrons. The van der Waals surface area contributed by atoms with Gasteiger partial charge in [0.1, 0.15) is 23.1 Å². The van der Waals surface area contributed by atoms with Crippen molar-refractivity contribution in [2.45, 2.75) is 19.1 Å². The first-order chi connectivity index (χ1) is 14.2. The van der Waals surface area contributed by atoms with Crippen molar-refractivity contribution in [3.05, 3.63) is 69.8 Å². The lowest BCUT2D eigenvalue weighted by molar-refractivity contribution is -0.116.